The van der Waals surface area contributed by atoms with Crippen LogP contribution in [0.2, 0.25) is 0 Å². The van der Waals surface area contributed by atoms with Crippen LogP contribution in [-0.4, -0.2) is 16.0 Å². The molecule has 134 valence electrons. The third-order valence-corrected chi connectivity index (χ3v) is 4.93. The fraction of sp³-hybridized carbons (Fsp3) is 0.190. The standard InChI is InChI=1S/C21H17N3O3/c25-18(10-11-19-23-21(24-27-19)17-5-2-12-26-17)22-16-9-8-14-7-6-13-3-1-4-15(16)20(13)14/h1-5,8-9,12H,6-7,10-11H2,(H,22,25). The van der Waals surface area contributed by atoms with E-state index >= 15 is 0 Å². The number of amides is 1. The summed E-state index contributed by atoms with van der Waals surface area (Å²) in [4.78, 5) is 16.7. The van der Waals surface area contributed by atoms with Gasteiger partial charge in [-0.3, -0.25) is 4.79 Å². The molecule has 2 aromatic carbocycles. The van der Waals surface area contributed by atoms with Gasteiger partial charge in [0.1, 0.15) is 0 Å². The van der Waals surface area contributed by atoms with Crippen LogP contribution in [0.15, 0.2) is 57.7 Å². The lowest BCUT2D eigenvalue weighted by Crippen LogP contribution is -2.12. The van der Waals surface area contributed by atoms with Gasteiger partial charge in [0.2, 0.25) is 17.6 Å². The maximum Gasteiger partial charge on any atom is 0.238 e. The number of hydrogen-bond acceptors (Lipinski definition) is 5. The van der Waals surface area contributed by atoms with E-state index in [0.717, 1.165) is 23.9 Å². The Bertz CT molecular complexity index is 1120. The molecule has 0 saturated heterocycles. The van der Waals surface area contributed by atoms with Crippen molar-refractivity contribution in [2.45, 2.75) is 25.7 Å². The molecular formula is C21H17N3O3. The quantitative estimate of drug-likeness (QED) is 0.579. The second kappa shape index (κ2) is 6.39. The highest BCUT2D eigenvalue weighted by atomic mass is 16.5. The summed E-state index contributed by atoms with van der Waals surface area (Å²) in [5.74, 6) is 1.27. The van der Waals surface area contributed by atoms with E-state index in [2.05, 4.69) is 39.7 Å². The fourth-order valence-corrected chi connectivity index (χ4v) is 3.65. The number of hydrogen-bond donors (Lipinski definition) is 1. The second-order valence-electron chi connectivity index (χ2n) is 6.65. The fourth-order valence-electron chi connectivity index (χ4n) is 3.65. The molecule has 4 aromatic rings. The smallest absolute Gasteiger partial charge is 0.238 e. The van der Waals surface area contributed by atoms with Gasteiger partial charge >= 0.3 is 0 Å². The Morgan fingerprint density at radius 1 is 1.07 bits per heavy atom. The summed E-state index contributed by atoms with van der Waals surface area (Å²) >= 11 is 0. The third-order valence-electron chi connectivity index (χ3n) is 4.93. The van der Waals surface area contributed by atoms with Crippen molar-refractivity contribution < 1.29 is 13.7 Å². The average Bonchev–Trinajstić information content (AvgIpc) is 3.43. The summed E-state index contributed by atoms with van der Waals surface area (Å²) in [6.07, 6.45) is 4.33. The van der Waals surface area contributed by atoms with E-state index in [-0.39, 0.29) is 12.3 Å². The van der Waals surface area contributed by atoms with Gasteiger partial charge in [0.25, 0.3) is 0 Å². The van der Waals surface area contributed by atoms with E-state index in [9.17, 15) is 4.79 Å². The summed E-state index contributed by atoms with van der Waals surface area (Å²) < 4.78 is 10.4. The molecule has 6 nitrogen and oxygen atoms in total. The van der Waals surface area contributed by atoms with Gasteiger partial charge in [-0.05, 0) is 47.6 Å². The monoisotopic (exact) mass is 359 g/mol. The van der Waals surface area contributed by atoms with Gasteiger partial charge in [0, 0.05) is 23.9 Å². The van der Waals surface area contributed by atoms with Crippen molar-refractivity contribution in [3.63, 3.8) is 0 Å². The van der Waals surface area contributed by atoms with Gasteiger partial charge in [-0.15, -0.1) is 0 Å². The number of carbonyl (C=O) groups excluding carboxylic acids is 1. The third kappa shape index (κ3) is 2.89. The molecule has 1 amide bonds. The summed E-state index contributed by atoms with van der Waals surface area (Å²) in [6.45, 7) is 0. The van der Waals surface area contributed by atoms with E-state index in [4.69, 9.17) is 8.94 Å². The van der Waals surface area contributed by atoms with Gasteiger partial charge in [0.05, 0.1) is 6.26 Å². The lowest BCUT2D eigenvalue weighted by atomic mass is 10.0. The molecule has 2 aromatic heterocycles. The molecule has 2 heterocycles. The number of carbonyl (C=O) groups is 1. The highest BCUT2D eigenvalue weighted by Gasteiger charge is 2.17. The summed E-state index contributed by atoms with van der Waals surface area (Å²) in [6, 6.07) is 13.9. The van der Waals surface area contributed by atoms with Crippen molar-refractivity contribution in [3.05, 3.63) is 65.7 Å². The molecular weight excluding hydrogens is 342 g/mol. The first kappa shape index (κ1) is 15.8. The van der Waals surface area contributed by atoms with Crippen molar-refractivity contribution in [3.8, 4) is 11.6 Å². The number of aryl methyl sites for hydroxylation is 3. The average molecular weight is 359 g/mol. The molecule has 0 unspecified atom stereocenters. The van der Waals surface area contributed by atoms with Crippen LogP contribution in [0.4, 0.5) is 5.69 Å². The first-order chi connectivity index (χ1) is 13.3. The molecule has 0 aliphatic heterocycles. The Balaban J connectivity index is 1.29. The molecule has 0 bridgehead atoms. The highest BCUT2D eigenvalue weighted by Crippen LogP contribution is 2.35. The minimum absolute atomic E-state index is 0.0774. The number of benzene rings is 2. The Hall–Kier alpha value is -3.41. The zero-order valence-electron chi connectivity index (χ0n) is 14.6. The minimum atomic E-state index is -0.0774. The normalized spacial score (nSPS) is 12.6. The molecule has 5 rings (SSSR count). The van der Waals surface area contributed by atoms with Gasteiger partial charge in [-0.25, -0.2) is 0 Å². The maximum absolute atomic E-state index is 12.4. The first-order valence-electron chi connectivity index (χ1n) is 8.98. The van der Waals surface area contributed by atoms with Gasteiger partial charge in [-0.1, -0.05) is 29.4 Å². The van der Waals surface area contributed by atoms with Crippen LogP contribution in [0.1, 0.15) is 23.4 Å². The molecule has 0 radical (unpaired) electrons. The Labute approximate surface area is 155 Å². The summed E-state index contributed by atoms with van der Waals surface area (Å²) in [5.41, 5.74) is 3.56. The Kier molecular flexibility index (Phi) is 3.74. The number of anilines is 1. The minimum Gasteiger partial charge on any atom is -0.461 e. The van der Waals surface area contributed by atoms with Gasteiger partial charge in [0.15, 0.2) is 5.76 Å². The zero-order chi connectivity index (χ0) is 18.2. The van der Waals surface area contributed by atoms with E-state index < -0.39 is 0 Å². The number of nitrogens with zero attached hydrogens (tertiary/aromatic N) is 2. The van der Waals surface area contributed by atoms with Crippen LogP contribution >= 0.6 is 0 Å². The van der Waals surface area contributed by atoms with Crippen LogP contribution in [0.3, 0.4) is 0 Å². The SMILES string of the molecule is O=C(CCc1nc(-c2ccco2)no1)Nc1ccc2c3c(cccc13)CC2. The maximum atomic E-state index is 12.4. The van der Waals surface area contributed by atoms with Crippen LogP contribution in [-0.2, 0) is 24.1 Å². The van der Waals surface area contributed by atoms with Crippen molar-refractivity contribution in [2.75, 3.05) is 5.32 Å². The van der Waals surface area contributed by atoms with Crippen LogP contribution < -0.4 is 5.32 Å². The van der Waals surface area contributed by atoms with E-state index in [0.29, 0.717) is 23.9 Å². The number of rotatable bonds is 5. The topological polar surface area (TPSA) is 81.2 Å². The number of furan rings is 1. The van der Waals surface area contributed by atoms with Crippen LogP contribution in [0.5, 0.6) is 0 Å². The van der Waals surface area contributed by atoms with Crippen molar-refractivity contribution >= 4 is 22.4 Å². The predicted octanol–water partition coefficient (Wildman–Crippen LogP) is 4.15. The molecule has 6 heteroatoms. The molecule has 1 N–H and O–H groups in total. The molecule has 0 atom stereocenters. The van der Waals surface area contributed by atoms with Gasteiger partial charge in [-0.2, -0.15) is 4.98 Å². The molecule has 1 aliphatic carbocycles. The largest absolute Gasteiger partial charge is 0.461 e. The summed E-state index contributed by atoms with van der Waals surface area (Å²) in [5, 5.41) is 9.29. The molecule has 27 heavy (non-hydrogen) atoms. The van der Waals surface area contributed by atoms with E-state index in [1.807, 2.05) is 6.07 Å². The first-order valence-corrected chi connectivity index (χ1v) is 8.98. The van der Waals surface area contributed by atoms with E-state index in [1.165, 1.54) is 16.5 Å². The molecule has 0 fully saturated rings. The number of aromatic nitrogens is 2. The van der Waals surface area contributed by atoms with E-state index in [1.54, 1.807) is 18.4 Å². The van der Waals surface area contributed by atoms with Crippen molar-refractivity contribution in [2.24, 2.45) is 0 Å². The Morgan fingerprint density at radius 2 is 1.96 bits per heavy atom. The molecule has 0 saturated carbocycles. The van der Waals surface area contributed by atoms with Crippen LogP contribution in [0, 0.1) is 0 Å². The van der Waals surface area contributed by atoms with Crippen molar-refractivity contribution in [1.29, 1.82) is 0 Å². The van der Waals surface area contributed by atoms with Crippen molar-refractivity contribution in [1.82, 2.24) is 10.1 Å². The second-order valence-corrected chi connectivity index (χ2v) is 6.65. The highest BCUT2D eigenvalue weighted by molar-refractivity contribution is 6.05. The van der Waals surface area contributed by atoms with Crippen LogP contribution in [0.25, 0.3) is 22.4 Å². The van der Waals surface area contributed by atoms with Gasteiger partial charge < -0.3 is 14.3 Å². The predicted molar refractivity (Wildman–Crippen MR) is 100 cm³/mol. The zero-order valence-corrected chi connectivity index (χ0v) is 14.6. The number of nitrogens with one attached hydrogen (secondary N) is 1. The summed E-state index contributed by atoms with van der Waals surface area (Å²) in [7, 11) is 0. The Morgan fingerprint density at radius 3 is 2.81 bits per heavy atom. The lowest BCUT2D eigenvalue weighted by molar-refractivity contribution is -0.116. The lowest BCUT2D eigenvalue weighted by Gasteiger charge is -2.10. The molecule has 1 aliphatic rings. The molecule has 0 spiro atoms.